The molecule has 0 aliphatic heterocycles. The monoisotopic (exact) mass is 269 g/mol. The first-order chi connectivity index (χ1) is 8.16. The zero-order valence-electron chi connectivity index (χ0n) is 9.26. The van der Waals surface area contributed by atoms with Gasteiger partial charge in [0.05, 0.1) is 17.3 Å². The van der Waals surface area contributed by atoms with E-state index in [1.54, 1.807) is 30.6 Å². The van der Waals surface area contributed by atoms with E-state index in [2.05, 4.69) is 4.98 Å². The second-order valence-electron chi connectivity index (χ2n) is 3.63. The fourth-order valence-corrected chi connectivity index (χ4v) is 2.16. The average Bonchev–Trinajstić information content (AvgIpc) is 2.80. The molecule has 5 heteroatoms. The van der Waals surface area contributed by atoms with Gasteiger partial charge in [0, 0.05) is 16.0 Å². The fraction of sp³-hybridized carbons (Fsp3) is 0.250. The smallest absolute Gasteiger partial charge is 0.131 e. The van der Waals surface area contributed by atoms with E-state index in [0.717, 1.165) is 5.69 Å². The molecule has 1 aromatic heterocycles. The van der Waals surface area contributed by atoms with Crippen molar-refractivity contribution in [2.45, 2.75) is 19.6 Å². The molecule has 17 heavy (non-hydrogen) atoms. The lowest BCUT2D eigenvalue weighted by atomic mass is 10.1. The minimum absolute atomic E-state index is 0.394. The van der Waals surface area contributed by atoms with E-state index < -0.39 is 6.10 Å². The number of ether oxygens (including phenoxy) is 1. The number of thiazole rings is 1. The van der Waals surface area contributed by atoms with Gasteiger partial charge in [0.1, 0.15) is 12.4 Å². The summed E-state index contributed by atoms with van der Waals surface area (Å²) in [7, 11) is 0. The quantitative estimate of drug-likeness (QED) is 0.925. The predicted octanol–water partition coefficient (Wildman–Crippen LogP) is 3.43. The van der Waals surface area contributed by atoms with Gasteiger partial charge in [0.15, 0.2) is 0 Å². The summed E-state index contributed by atoms with van der Waals surface area (Å²) in [5.41, 5.74) is 3.32. The van der Waals surface area contributed by atoms with Crippen LogP contribution >= 0.6 is 22.9 Å². The van der Waals surface area contributed by atoms with Crippen LogP contribution in [0.3, 0.4) is 0 Å². The van der Waals surface area contributed by atoms with Crippen LogP contribution in [0.25, 0.3) is 0 Å². The molecule has 0 radical (unpaired) electrons. The highest BCUT2D eigenvalue weighted by atomic mass is 35.5. The van der Waals surface area contributed by atoms with Crippen molar-refractivity contribution in [1.29, 1.82) is 0 Å². The Labute approximate surface area is 109 Å². The minimum Gasteiger partial charge on any atom is -0.487 e. The number of rotatable bonds is 4. The number of aromatic nitrogens is 1. The molecule has 2 aromatic rings. The summed E-state index contributed by atoms with van der Waals surface area (Å²) in [5, 5.41) is 12.1. The number of aliphatic hydroxyl groups is 1. The van der Waals surface area contributed by atoms with Crippen LogP contribution in [-0.2, 0) is 6.61 Å². The van der Waals surface area contributed by atoms with Gasteiger partial charge in [-0.05, 0) is 25.1 Å². The lowest BCUT2D eigenvalue weighted by Crippen LogP contribution is -2.01. The molecule has 0 amide bonds. The normalized spacial score (nSPS) is 12.4. The first kappa shape index (κ1) is 12.4. The molecule has 0 bridgehead atoms. The van der Waals surface area contributed by atoms with Crippen molar-refractivity contribution < 1.29 is 9.84 Å². The molecule has 3 nitrogen and oxygen atoms in total. The predicted molar refractivity (Wildman–Crippen MR) is 68.5 cm³/mol. The molecular formula is C12H12ClNO2S. The van der Waals surface area contributed by atoms with Crippen molar-refractivity contribution in [2.75, 3.05) is 0 Å². The summed E-state index contributed by atoms with van der Waals surface area (Å²) in [5.74, 6) is 0.636. The van der Waals surface area contributed by atoms with E-state index in [4.69, 9.17) is 16.3 Å². The van der Waals surface area contributed by atoms with Crippen LogP contribution < -0.4 is 4.74 Å². The molecule has 90 valence electrons. The third-order valence-electron chi connectivity index (χ3n) is 2.28. The van der Waals surface area contributed by atoms with Crippen molar-refractivity contribution in [3.8, 4) is 5.75 Å². The Morgan fingerprint density at radius 1 is 1.53 bits per heavy atom. The highest BCUT2D eigenvalue weighted by molar-refractivity contribution is 7.07. The summed E-state index contributed by atoms with van der Waals surface area (Å²) >= 11 is 7.41. The summed E-state index contributed by atoms with van der Waals surface area (Å²) in [6.07, 6.45) is -0.612. The van der Waals surface area contributed by atoms with Crippen LogP contribution in [0.4, 0.5) is 0 Å². The molecule has 0 unspecified atom stereocenters. The maximum atomic E-state index is 9.63. The van der Waals surface area contributed by atoms with Crippen LogP contribution in [0, 0.1) is 0 Å². The van der Waals surface area contributed by atoms with Gasteiger partial charge >= 0.3 is 0 Å². The Morgan fingerprint density at radius 2 is 2.35 bits per heavy atom. The van der Waals surface area contributed by atoms with Gasteiger partial charge < -0.3 is 9.84 Å². The van der Waals surface area contributed by atoms with Gasteiger partial charge in [-0.3, -0.25) is 0 Å². The van der Waals surface area contributed by atoms with Gasteiger partial charge in [-0.2, -0.15) is 0 Å². The molecule has 0 saturated carbocycles. The second kappa shape index (κ2) is 5.49. The van der Waals surface area contributed by atoms with E-state index in [0.29, 0.717) is 22.9 Å². The molecule has 1 heterocycles. The largest absolute Gasteiger partial charge is 0.487 e. The Balaban J connectivity index is 2.14. The zero-order valence-corrected chi connectivity index (χ0v) is 10.8. The summed E-state index contributed by atoms with van der Waals surface area (Å²) in [6, 6.07) is 5.21. The van der Waals surface area contributed by atoms with Crippen molar-refractivity contribution in [2.24, 2.45) is 0 Å². The number of benzene rings is 1. The molecular weight excluding hydrogens is 258 g/mol. The number of hydrogen-bond donors (Lipinski definition) is 1. The third-order valence-corrected chi connectivity index (χ3v) is 3.15. The van der Waals surface area contributed by atoms with Crippen LogP contribution in [0.15, 0.2) is 29.1 Å². The first-order valence-corrected chi connectivity index (χ1v) is 6.46. The standard InChI is InChI=1S/C12H12ClNO2S/c1-8(15)11-4-9(13)2-3-12(11)16-5-10-6-17-7-14-10/h2-4,6-8,15H,5H2,1H3/t8-/m0/s1. The Hall–Kier alpha value is -1.10. The van der Waals surface area contributed by atoms with Crippen molar-refractivity contribution >= 4 is 22.9 Å². The maximum Gasteiger partial charge on any atom is 0.131 e. The molecule has 0 aliphatic rings. The van der Waals surface area contributed by atoms with Crippen molar-refractivity contribution in [1.82, 2.24) is 4.98 Å². The van der Waals surface area contributed by atoms with Gasteiger partial charge in [0.2, 0.25) is 0 Å². The fourth-order valence-electron chi connectivity index (χ4n) is 1.44. The van der Waals surface area contributed by atoms with E-state index in [1.165, 1.54) is 11.3 Å². The Bertz CT molecular complexity index is 485. The molecule has 1 aromatic carbocycles. The molecule has 0 fully saturated rings. The summed E-state index contributed by atoms with van der Waals surface area (Å²) < 4.78 is 5.62. The number of aliphatic hydroxyl groups excluding tert-OH is 1. The third kappa shape index (κ3) is 3.19. The number of hydrogen-bond acceptors (Lipinski definition) is 4. The molecule has 0 aliphatic carbocycles. The molecule has 0 saturated heterocycles. The molecule has 1 N–H and O–H groups in total. The van der Waals surface area contributed by atoms with Gasteiger partial charge in [-0.15, -0.1) is 11.3 Å². The topological polar surface area (TPSA) is 42.4 Å². The highest BCUT2D eigenvalue weighted by Crippen LogP contribution is 2.28. The Kier molecular flexibility index (Phi) is 3.99. The SMILES string of the molecule is C[C@H](O)c1cc(Cl)ccc1OCc1cscn1. The van der Waals surface area contributed by atoms with Gasteiger partial charge in [0.25, 0.3) is 0 Å². The lowest BCUT2D eigenvalue weighted by molar-refractivity contribution is 0.190. The summed E-state index contributed by atoms with van der Waals surface area (Å²) in [6.45, 7) is 2.08. The van der Waals surface area contributed by atoms with Crippen LogP contribution in [0.1, 0.15) is 24.3 Å². The second-order valence-corrected chi connectivity index (χ2v) is 4.78. The van der Waals surface area contributed by atoms with Crippen molar-refractivity contribution in [3.63, 3.8) is 0 Å². The lowest BCUT2D eigenvalue weighted by Gasteiger charge is -2.13. The first-order valence-electron chi connectivity index (χ1n) is 5.14. The van der Waals surface area contributed by atoms with Gasteiger partial charge in [-0.1, -0.05) is 11.6 Å². The van der Waals surface area contributed by atoms with Crippen LogP contribution in [0.5, 0.6) is 5.75 Å². The highest BCUT2D eigenvalue weighted by Gasteiger charge is 2.10. The molecule has 1 atom stereocenters. The summed E-state index contributed by atoms with van der Waals surface area (Å²) in [4.78, 5) is 4.13. The number of nitrogens with zero attached hydrogens (tertiary/aromatic N) is 1. The van der Waals surface area contributed by atoms with E-state index in [1.807, 2.05) is 5.38 Å². The average molecular weight is 270 g/mol. The maximum absolute atomic E-state index is 9.63. The number of halogens is 1. The van der Waals surface area contributed by atoms with E-state index in [9.17, 15) is 5.11 Å². The molecule has 0 spiro atoms. The van der Waals surface area contributed by atoms with Crippen molar-refractivity contribution in [3.05, 3.63) is 45.4 Å². The Morgan fingerprint density at radius 3 is 3.00 bits per heavy atom. The van der Waals surface area contributed by atoms with Gasteiger partial charge in [-0.25, -0.2) is 4.98 Å². The molecule has 2 rings (SSSR count). The van der Waals surface area contributed by atoms with Crippen LogP contribution in [-0.4, -0.2) is 10.1 Å². The van der Waals surface area contributed by atoms with E-state index in [-0.39, 0.29) is 0 Å². The zero-order chi connectivity index (χ0) is 12.3. The van der Waals surface area contributed by atoms with E-state index >= 15 is 0 Å². The van der Waals surface area contributed by atoms with Crippen LogP contribution in [0.2, 0.25) is 5.02 Å². The minimum atomic E-state index is -0.612.